The lowest BCUT2D eigenvalue weighted by Gasteiger charge is -2.40. The summed E-state index contributed by atoms with van der Waals surface area (Å²) in [5.41, 5.74) is 0. The average Bonchev–Trinajstić information content (AvgIpc) is 0.960. The molecule has 0 heterocycles. The van der Waals surface area contributed by atoms with Crippen molar-refractivity contribution in [3.05, 3.63) is 0 Å². The Morgan fingerprint density at radius 3 is 0.935 bits per heavy atom. The van der Waals surface area contributed by atoms with E-state index in [0.29, 0.717) is 65.2 Å². The predicted molar refractivity (Wildman–Crippen MR) is 373 cm³/mol. The van der Waals surface area contributed by atoms with Crippen LogP contribution in [-0.2, 0) is 54.1 Å². The lowest BCUT2D eigenvalue weighted by atomic mass is 10.1. The van der Waals surface area contributed by atoms with E-state index in [1.54, 1.807) is 6.92 Å². The maximum absolute atomic E-state index is 12.7. The average molecular weight is 1550 g/mol. The fourth-order valence-corrected chi connectivity index (χ4v) is 17.6. The van der Waals surface area contributed by atoms with Gasteiger partial charge in [-0.25, -0.2) is 0 Å². The van der Waals surface area contributed by atoms with Gasteiger partial charge < -0.3 is 95.1 Å². The van der Waals surface area contributed by atoms with Crippen LogP contribution in [0.25, 0.3) is 0 Å². The number of quaternary nitrogens is 3. The third kappa shape index (κ3) is 66.7. The van der Waals surface area contributed by atoms with E-state index < -0.39 is 71.2 Å². The molecule has 0 aliphatic carbocycles. The van der Waals surface area contributed by atoms with Crippen molar-refractivity contribution in [2.75, 3.05) is 122 Å². The van der Waals surface area contributed by atoms with Crippen LogP contribution in [0.5, 0.6) is 0 Å². The van der Waals surface area contributed by atoms with Crippen LogP contribution in [0.2, 0.25) is 57.4 Å². The molecule has 0 fully saturated rings. The number of hydrogen-bond acceptors (Lipinski definition) is 13. The maximum Gasteiger partial charge on any atom is 0.485 e. The normalized spacial score (nSPS) is 13.8. The maximum atomic E-state index is 12.7. The second kappa shape index (κ2) is 51.6. The van der Waals surface area contributed by atoms with Crippen LogP contribution in [-0.4, -0.2) is 264 Å². The van der Waals surface area contributed by atoms with Crippen molar-refractivity contribution >= 4 is 120 Å². The summed E-state index contributed by atoms with van der Waals surface area (Å²) in [6.45, 7) is 28.3. The first-order chi connectivity index (χ1) is 42.5. The van der Waals surface area contributed by atoms with Gasteiger partial charge in [-0.05, 0) is 127 Å². The highest BCUT2D eigenvalue weighted by atomic mass is 31.2. The Bertz CT molecular complexity index is 2140. The van der Waals surface area contributed by atoms with E-state index in [1.807, 2.05) is 13.8 Å². The van der Waals surface area contributed by atoms with E-state index >= 15 is 0 Å². The van der Waals surface area contributed by atoms with Gasteiger partial charge in [0.2, 0.25) is 31.5 Å². The molecule has 0 aromatic rings. The molecule has 0 aromatic carbocycles. The van der Waals surface area contributed by atoms with Crippen molar-refractivity contribution in [1.29, 1.82) is 0 Å². The molecule has 93 heavy (non-hydrogen) atoms. The summed E-state index contributed by atoms with van der Waals surface area (Å²) >= 11 is 0. The molecule has 0 rings (SSSR count). The second-order valence-electron chi connectivity index (χ2n) is 26.3. The van der Waals surface area contributed by atoms with Gasteiger partial charge in [0.1, 0.15) is 5.78 Å². The van der Waals surface area contributed by atoms with E-state index in [4.69, 9.17) is 26.7 Å². The summed E-state index contributed by atoms with van der Waals surface area (Å²) in [7, 11) is -19.5. The minimum absolute atomic E-state index is 0.0362. The topological polar surface area (TPSA) is 451 Å². The van der Waals surface area contributed by atoms with Gasteiger partial charge in [0.05, 0.1) is 96.3 Å². The number of amides is 2. The molecule has 2 atom stereocenters. The zero-order valence-corrected chi connectivity index (χ0v) is 68.7. The van der Waals surface area contributed by atoms with E-state index in [2.05, 4.69) is 88.3 Å². The van der Waals surface area contributed by atoms with Gasteiger partial charge in [0.25, 0.3) is 11.8 Å². The van der Waals surface area contributed by atoms with E-state index in [-0.39, 0.29) is 96.1 Å². The fourth-order valence-electron chi connectivity index (χ4n) is 10.5. The molecular formula is C52H121N5O24P6Si6+3. The van der Waals surface area contributed by atoms with Gasteiger partial charge >= 0.3 is 46.2 Å². The van der Waals surface area contributed by atoms with Gasteiger partial charge in [-0.1, -0.05) is 33.6 Å². The van der Waals surface area contributed by atoms with E-state index in [9.17, 15) is 86.1 Å². The standard InChI is InChI=1S/C18H39NO5PSi2.2C17H39N2O8P2Si2.HO3P/c1-5-12-19(14-9-16-25(21,22)23,13-8-6-7-11-18(2)20)15-10-17-27(3,4)24-26;2*1-4-5-10-19(11-7-13-28(21,22)23,12-8-14-29(24,25)26)16-17(20)18-9-6-15-31(2,3)27-30;1-4(2)3/h5-17H2,1-4H3,(H-,21,22,23);2*4-16H2,1-3H3,(H4-,18,20,21,22,23,24,25,26);(H,1,2,3)/p+3. The van der Waals surface area contributed by atoms with Crippen molar-refractivity contribution in [2.45, 2.75) is 194 Å². The molecule has 0 saturated carbocycles. The number of hydrogen-bond donors (Lipinski definition) is 13. The molecular weight excluding hydrogens is 1430 g/mol. The summed E-state index contributed by atoms with van der Waals surface area (Å²) in [4.78, 5) is 144. The molecule has 2 unspecified atom stereocenters. The molecule has 549 valence electrons. The molecule has 0 saturated heterocycles. The molecule has 0 bridgehead atoms. The van der Waals surface area contributed by atoms with E-state index in [0.717, 1.165) is 119 Å². The molecule has 13 N–H and O–H groups in total. The Morgan fingerprint density at radius 1 is 0.419 bits per heavy atom. The Balaban J connectivity index is -0.000000621. The highest BCUT2D eigenvalue weighted by molar-refractivity contribution is 7.52. The van der Waals surface area contributed by atoms with Crippen LogP contribution in [0.3, 0.4) is 0 Å². The number of nitrogens with one attached hydrogen (secondary N) is 2. The number of rotatable bonds is 53. The molecule has 41 heteroatoms. The molecule has 29 nitrogen and oxygen atoms in total. The number of carbonyl (C=O) groups excluding carboxylic acids is 3. The van der Waals surface area contributed by atoms with Crippen molar-refractivity contribution in [3.63, 3.8) is 0 Å². The Hall–Kier alpha value is 0.441. The molecule has 2 amide bonds. The van der Waals surface area contributed by atoms with Crippen LogP contribution in [0.15, 0.2) is 0 Å². The number of carbonyl (C=O) groups is 3. The molecule has 0 aromatic heterocycles. The smallest absolute Gasteiger partial charge is 0.485 e. The second-order valence-corrected chi connectivity index (χ2v) is 50.2. The van der Waals surface area contributed by atoms with Gasteiger partial charge in [-0.2, -0.15) is 4.89 Å². The first-order valence-corrected chi connectivity index (χ1v) is 52.8. The third-order valence-corrected chi connectivity index (χ3v) is 31.3. The minimum Gasteiger partial charge on any atom is -0.567 e. The molecule has 0 aliphatic heterocycles. The lowest BCUT2D eigenvalue weighted by Crippen LogP contribution is -2.55. The predicted octanol–water partition coefficient (Wildman–Crippen LogP) is 5.72. The van der Waals surface area contributed by atoms with Gasteiger partial charge in [-0.15, -0.1) is 0 Å². The van der Waals surface area contributed by atoms with Crippen molar-refractivity contribution in [1.82, 2.24) is 10.6 Å². The quantitative estimate of drug-likeness (QED) is 0.0150. The van der Waals surface area contributed by atoms with Gasteiger partial charge in [-0.3, -0.25) is 32.4 Å². The van der Waals surface area contributed by atoms with Gasteiger partial charge in [0.15, 0.2) is 38.0 Å². The first-order valence-electron chi connectivity index (χ1n) is 32.1. The summed E-state index contributed by atoms with van der Waals surface area (Å²) < 4.78 is 82.5. The van der Waals surface area contributed by atoms with Crippen LogP contribution >= 0.6 is 46.2 Å². The zero-order chi connectivity index (χ0) is 72.9. The van der Waals surface area contributed by atoms with Crippen molar-refractivity contribution in [3.8, 4) is 0 Å². The first kappa shape index (κ1) is 99.8. The molecule has 0 aliphatic rings. The summed E-state index contributed by atoms with van der Waals surface area (Å²) in [6, 6.07) is 2.80. The molecule has 0 spiro atoms. The Morgan fingerprint density at radius 2 is 0.677 bits per heavy atom. The van der Waals surface area contributed by atoms with Crippen LogP contribution in [0.1, 0.15) is 137 Å². The van der Waals surface area contributed by atoms with Gasteiger partial charge in [0, 0.05) is 51.6 Å². The Labute approximate surface area is 570 Å². The van der Waals surface area contributed by atoms with E-state index in [1.165, 1.54) is 0 Å². The highest BCUT2D eigenvalue weighted by Gasteiger charge is 2.35. The van der Waals surface area contributed by atoms with Crippen molar-refractivity contribution < 1.29 is 126 Å². The lowest BCUT2D eigenvalue weighted by molar-refractivity contribution is -0.928. The zero-order valence-electron chi connectivity index (χ0n) is 57.3. The molecule has 9 radical (unpaired) electrons. The monoisotopic (exact) mass is 1550 g/mol. The largest absolute Gasteiger partial charge is 0.567 e. The summed E-state index contributed by atoms with van der Waals surface area (Å²) in [6.07, 6.45) is 11.1. The summed E-state index contributed by atoms with van der Waals surface area (Å²) in [5, 5.41) is 5.83. The fraction of sp³-hybridized carbons (Fsp3) is 0.942. The highest BCUT2D eigenvalue weighted by Crippen LogP contribution is 2.39. The number of Topliss-reactive ketones (excluding diaryl/α,β-unsaturated/α-hetero) is 1. The number of unbranched alkanes of at least 4 members (excludes halogenated alkanes) is 4. The van der Waals surface area contributed by atoms with Crippen LogP contribution < -0.4 is 15.5 Å². The van der Waals surface area contributed by atoms with Crippen LogP contribution in [0, 0.1) is 0 Å². The third-order valence-electron chi connectivity index (χ3n) is 15.5. The Kier molecular flexibility index (Phi) is 55.3. The van der Waals surface area contributed by atoms with Crippen molar-refractivity contribution in [2.24, 2.45) is 0 Å². The number of nitrogens with zero attached hydrogens (tertiary/aromatic N) is 3. The van der Waals surface area contributed by atoms with Crippen LogP contribution in [0.4, 0.5) is 0 Å². The SMILES string of the molecule is CCCC[N+](CCCP(=O)(O)O)(CCCP(=O)(O)O)CC(=O)NCCC[Si](C)(C)O[Si].CCCC[N+](CCCP(=O)(O)O)(CCCP(=O)(O)O)CC(=O)NCCC[Si](C)(C)O[Si].CCC[N+](CCCCCC(C)=O)(CCC[Si](C)(C)O[Si])CCCP(=O)(O)O.O=[P+]([O-])O. The minimum atomic E-state index is -4.15. The number of ketones is 1. The summed E-state index contributed by atoms with van der Waals surface area (Å²) in [5.74, 6) is -0.0859.